The number of urea groups is 1. The maximum Gasteiger partial charge on any atom is 0.319 e. The highest BCUT2D eigenvalue weighted by atomic mass is 35.5. The molecule has 10 heteroatoms. The van der Waals surface area contributed by atoms with Crippen molar-refractivity contribution < 1.29 is 14.3 Å². The zero-order valence-electron chi connectivity index (χ0n) is 23.2. The molecule has 2 aromatic carbocycles. The van der Waals surface area contributed by atoms with Crippen LogP contribution in [0.25, 0.3) is 16.6 Å². The largest absolute Gasteiger partial charge is 0.406 e. The summed E-state index contributed by atoms with van der Waals surface area (Å²) in [5, 5.41) is 14.9. The molecule has 0 aliphatic rings. The van der Waals surface area contributed by atoms with Gasteiger partial charge in [0.05, 0.1) is 28.2 Å². The molecule has 0 bridgehead atoms. The minimum Gasteiger partial charge on any atom is -0.406 e. The van der Waals surface area contributed by atoms with Crippen LogP contribution in [0, 0.1) is 0 Å². The number of nitrogens with zero attached hydrogens (tertiary/aromatic N) is 2. The number of hydrogen-bond donors (Lipinski definition) is 3. The van der Waals surface area contributed by atoms with Crippen LogP contribution in [0.2, 0.25) is 21.6 Å². The van der Waals surface area contributed by atoms with Crippen LogP contribution in [-0.2, 0) is 4.43 Å². The highest BCUT2D eigenvalue weighted by Gasteiger charge is 2.46. The third-order valence-electron chi connectivity index (χ3n) is 7.08. The Morgan fingerprint density at radius 1 is 1.05 bits per heavy atom. The highest BCUT2D eigenvalue weighted by molar-refractivity contribution is 6.77. The normalized spacial score (nSPS) is 12.9. The van der Waals surface area contributed by atoms with Gasteiger partial charge in [0, 0.05) is 12.2 Å². The van der Waals surface area contributed by atoms with Crippen LogP contribution in [0.4, 0.5) is 10.5 Å². The van der Waals surface area contributed by atoms with Crippen LogP contribution in [0.5, 0.6) is 0 Å². The Balaban J connectivity index is 2.21. The molecular formula is C28H39ClN4O4Si. The van der Waals surface area contributed by atoms with Gasteiger partial charge in [-0.1, -0.05) is 65.3 Å². The summed E-state index contributed by atoms with van der Waals surface area (Å²) in [4.78, 5) is 31.1. The number of aliphatic hydroxyl groups is 1. The fourth-order valence-corrected chi connectivity index (χ4v) is 11.3. The summed E-state index contributed by atoms with van der Waals surface area (Å²) in [6.45, 7) is 15.2. The monoisotopic (exact) mass is 558 g/mol. The number of aliphatic hydroxyl groups excluding tert-OH is 1. The lowest BCUT2D eigenvalue weighted by atomic mass is 10.2. The van der Waals surface area contributed by atoms with Gasteiger partial charge in [0.2, 0.25) is 8.32 Å². The maximum atomic E-state index is 14.0. The molecule has 2 amide bonds. The molecule has 0 saturated heterocycles. The van der Waals surface area contributed by atoms with Gasteiger partial charge in [-0.3, -0.25) is 9.36 Å². The Kier molecular flexibility index (Phi) is 9.75. The van der Waals surface area contributed by atoms with Gasteiger partial charge < -0.3 is 20.2 Å². The van der Waals surface area contributed by atoms with E-state index in [1.54, 1.807) is 42.5 Å². The van der Waals surface area contributed by atoms with Crippen molar-refractivity contribution in [2.24, 2.45) is 0 Å². The molecule has 0 radical (unpaired) electrons. The molecule has 0 aliphatic heterocycles. The second-order valence-electron chi connectivity index (χ2n) is 10.5. The van der Waals surface area contributed by atoms with E-state index in [9.17, 15) is 9.59 Å². The quantitative estimate of drug-likeness (QED) is 0.249. The van der Waals surface area contributed by atoms with Crippen molar-refractivity contribution in [2.45, 2.75) is 71.2 Å². The summed E-state index contributed by atoms with van der Waals surface area (Å²) < 4.78 is 8.56. The Morgan fingerprint density at radius 3 is 2.29 bits per heavy atom. The van der Waals surface area contributed by atoms with Crippen LogP contribution in [0.15, 0.2) is 47.3 Å². The smallest absolute Gasteiger partial charge is 0.319 e. The molecule has 0 spiro atoms. The fraction of sp³-hybridized carbons (Fsp3) is 0.464. The molecule has 206 valence electrons. The second-order valence-corrected chi connectivity index (χ2v) is 16.3. The molecule has 1 aromatic heterocycles. The number of benzene rings is 2. The van der Waals surface area contributed by atoms with E-state index in [1.165, 1.54) is 4.57 Å². The number of amides is 2. The van der Waals surface area contributed by atoms with E-state index in [4.69, 9.17) is 26.1 Å². The predicted octanol–water partition coefficient (Wildman–Crippen LogP) is 6.41. The zero-order chi connectivity index (χ0) is 28.2. The van der Waals surface area contributed by atoms with Gasteiger partial charge in [-0.15, -0.1) is 0 Å². The first-order valence-corrected chi connectivity index (χ1v) is 15.6. The van der Waals surface area contributed by atoms with Gasteiger partial charge >= 0.3 is 6.03 Å². The van der Waals surface area contributed by atoms with Crippen LogP contribution in [0.3, 0.4) is 0 Å². The van der Waals surface area contributed by atoms with E-state index in [-0.39, 0.29) is 18.7 Å². The Bertz CT molecular complexity index is 1320. The number of halogens is 1. The predicted molar refractivity (Wildman–Crippen MR) is 157 cm³/mol. The van der Waals surface area contributed by atoms with Crippen molar-refractivity contribution in [3.63, 3.8) is 0 Å². The lowest BCUT2D eigenvalue weighted by molar-refractivity contribution is 0.183. The van der Waals surface area contributed by atoms with Crippen LogP contribution >= 0.6 is 11.6 Å². The van der Waals surface area contributed by atoms with Crippen LogP contribution < -0.4 is 16.2 Å². The summed E-state index contributed by atoms with van der Waals surface area (Å²) >= 11 is 6.47. The Morgan fingerprint density at radius 2 is 1.68 bits per heavy atom. The van der Waals surface area contributed by atoms with Gasteiger partial charge in [-0.2, -0.15) is 0 Å². The summed E-state index contributed by atoms with van der Waals surface area (Å²) in [6.07, 6.45) is -0.477. The van der Waals surface area contributed by atoms with Crippen molar-refractivity contribution in [3.05, 3.63) is 63.7 Å². The van der Waals surface area contributed by atoms with Crippen molar-refractivity contribution in [3.8, 4) is 5.69 Å². The summed E-state index contributed by atoms with van der Waals surface area (Å²) in [6, 6.07) is 11.8. The number of carbonyl (C=O) groups excluding carboxylic acids is 1. The minimum absolute atomic E-state index is 0.129. The molecule has 0 aliphatic carbocycles. The molecule has 3 N–H and O–H groups in total. The first kappa shape index (κ1) is 29.8. The number of rotatable bonds is 10. The van der Waals surface area contributed by atoms with Gasteiger partial charge in [0.1, 0.15) is 11.9 Å². The van der Waals surface area contributed by atoms with Crippen molar-refractivity contribution in [1.29, 1.82) is 0 Å². The number of hydrogen-bond acceptors (Lipinski definition) is 5. The zero-order valence-corrected chi connectivity index (χ0v) is 25.0. The fourth-order valence-electron chi connectivity index (χ4n) is 5.56. The van der Waals surface area contributed by atoms with Crippen LogP contribution in [0.1, 0.15) is 60.4 Å². The summed E-state index contributed by atoms with van der Waals surface area (Å²) in [5.74, 6) is 0.477. The number of fused-ring (bicyclic) bond motifs is 1. The molecule has 1 unspecified atom stereocenters. The molecular weight excluding hydrogens is 520 g/mol. The van der Waals surface area contributed by atoms with E-state index < -0.39 is 20.5 Å². The van der Waals surface area contributed by atoms with Crippen molar-refractivity contribution in [1.82, 2.24) is 14.9 Å². The van der Waals surface area contributed by atoms with Gasteiger partial charge in [-0.25, -0.2) is 9.78 Å². The Labute approximate surface area is 230 Å². The molecule has 1 heterocycles. The third kappa shape index (κ3) is 5.96. The van der Waals surface area contributed by atoms with E-state index >= 15 is 0 Å². The Hall–Kier alpha value is -2.72. The molecule has 3 aromatic rings. The molecule has 0 saturated carbocycles. The number of carbonyl (C=O) groups is 1. The molecule has 38 heavy (non-hydrogen) atoms. The third-order valence-corrected chi connectivity index (χ3v) is 13.6. The summed E-state index contributed by atoms with van der Waals surface area (Å²) in [7, 11) is -2.31. The summed E-state index contributed by atoms with van der Waals surface area (Å²) in [5.41, 5.74) is 2.27. The first-order valence-electron chi connectivity index (χ1n) is 13.1. The van der Waals surface area contributed by atoms with Crippen molar-refractivity contribution in [2.75, 3.05) is 18.5 Å². The maximum absolute atomic E-state index is 14.0. The van der Waals surface area contributed by atoms with E-state index in [1.807, 2.05) is 6.92 Å². The van der Waals surface area contributed by atoms with Crippen LogP contribution in [-0.4, -0.2) is 42.2 Å². The first-order chi connectivity index (χ1) is 17.9. The molecule has 3 rings (SSSR count). The average molecular weight is 559 g/mol. The standard InChI is InChI=1S/C28H39ClN4O4Si/c1-17(2)38(18(3)4,19(5)6)37-20(7)26-32-24-13-9-12-23(29)25(24)27(35)33(26)22-11-8-10-21(16-22)31-28(36)30-14-15-34/h8-13,16-20,34H,14-15H2,1-7H3,(H2,30,31,36). The van der Waals surface area contributed by atoms with Gasteiger partial charge in [-0.05, 0) is 53.9 Å². The minimum atomic E-state index is -2.31. The lowest BCUT2D eigenvalue weighted by Gasteiger charge is -2.44. The van der Waals surface area contributed by atoms with E-state index in [0.717, 1.165) is 0 Å². The van der Waals surface area contributed by atoms with E-state index in [2.05, 4.69) is 52.2 Å². The molecule has 1 atom stereocenters. The number of aromatic nitrogens is 2. The topological polar surface area (TPSA) is 105 Å². The molecule has 0 fully saturated rings. The van der Waals surface area contributed by atoms with E-state index in [0.29, 0.717) is 49.7 Å². The number of anilines is 1. The number of nitrogens with one attached hydrogen (secondary N) is 2. The van der Waals surface area contributed by atoms with Gasteiger partial charge in [0.25, 0.3) is 5.56 Å². The lowest BCUT2D eigenvalue weighted by Crippen LogP contribution is -2.48. The van der Waals surface area contributed by atoms with Crippen molar-refractivity contribution >= 4 is 42.5 Å². The average Bonchev–Trinajstić information content (AvgIpc) is 2.85. The van der Waals surface area contributed by atoms with Gasteiger partial charge in [0.15, 0.2) is 0 Å². The highest BCUT2D eigenvalue weighted by Crippen LogP contribution is 2.45. The molecule has 8 nitrogen and oxygen atoms in total. The second kappa shape index (κ2) is 12.4. The SMILES string of the molecule is CC(O[Si](C(C)C)(C(C)C)C(C)C)c1nc2cccc(Cl)c2c(=O)n1-c1cccc(NC(=O)NCCO)c1.